The lowest BCUT2D eigenvalue weighted by molar-refractivity contribution is -0.0413. The van der Waals surface area contributed by atoms with Gasteiger partial charge in [-0.3, -0.25) is 0 Å². The lowest BCUT2D eigenvalue weighted by Crippen LogP contribution is -2.44. The van der Waals surface area contributed by atoms with Crippen LogP contribution < -0.4 is 0 Å². The maximum atomic E-state index is 10.9. The molecule has 1 saturated carbocycles. The molecule has 1 heteroatoms. The van der Waals surface area contributed by atoms with Crippen molar-refractivity contribution >= 4 is 0 Å². The molecule has 0 radical (unpaired) electrons. The number of rotatable bonds is 2. The second-order valence-corrected chi connectivity index (χ2v) is 7.43. The molecule has 0 unspecified atom stereocenters. The highest BCUT2D eigenvalue weighted by Gasteiger charge is 2.40. The molecule has 1 N–H and O–H groups in total. The molecule has 17 heavy (non-hydrogen) atoms. The molecule has 1 aliphatic carbocycles. The Morgan fingerprint density at radius 2 is 1.82 bits per heavy atom. The van der Waals surface area contributed by atoms with E-state index in [1.807, 2.05) is 0 Å². The van der Waals surface area contributed by atoms with E-state index in [0.29, 0.717) is 17.8 Å². The summed E-state index contributed by atoms with van der Waals surface area (Å²) in [6.07, 6.45) is 7.61. The first-order valence-electron chi connectivity index (χ1n) is 7.07. The van der Waals surface area contributed by atoms with Crippen LogP contribution in [-0.2, 0) is 0 Å². The molecule has 1 rings (SSSR count). The normalized spacial score (nSPS) is 35.8. The van der Waals surface area contributed by atoms with Crippen LogP contribution in [0.3, 0.4) is 0 Å². The van der Waals surface area contributed by atoms with Crippen LogP contribution in [0.1, 0.15) is 60.8 Å². The minimum Gasteiger partial charge on any atom is -0.385 e. The Kier molecular flexibility index (Phi) is 4.46. The average Bonchev–Trinajstić information content (AvgIpc) is 2.13. The standard InChI is InChI=1S/C16H30O/c1-12(2)14-8-7-13(3)11-16(14,17)10-9-15(4,5)6/h9-10,12-14,17H,7-8,11H2,1-6H3/b10-9+/t13-,14+,16+/m1/s1. The summed E-state index contributed by atoms with van der Waals surface area (Å²) in [6.45, 7) is 13.3. The highest BCUT2D eigenvalue weighted by atomic mass is 16.3. The highest BCUT2D eigenvalue weighted by molar-refractivity contribution is 5.10. The van der Waals surface area contributed by atoms with E-state index >= 15 is 0 Å². The predicted molar refractivity (Wildman–Crippen MR) is 74.9 cm³/mol. The second-order valence-electron chi connectivity index (χ2n) is 7.43. The van der Waals surface area contributed by atoms with Crippen molar-refractivity contribution < 1.29 is 5.11 Å². The van der Waals surface area contributed by atoms with Gasteiger partial charge in [-0.15, -0.1) is 0 Å². The molecule has 1 aliphatic rings. The van der Waals surface area contributed by atoms with Gasteiger partial charge in [0.05, 0.1) is 5.60 Å². The van der Waals surface area contributed by atoms with Gasteiger partial charge in [-0.25, -0.2) is 0 Å². The average molecular weight is 238 g/mol. The van der Waals surface area contributed by atoms with Crippen LogP contribution in [0.4, 0.5) is 0 Å². The van der Waals surface area contributed by atoms with E-state index in [1.54, 1.807) is 0 Å². The summed E-state index contributed by atoms with van der Waals surface area (Å²) in [4.78, 5) is 0. The predicted octanol–water partition coefficient (Wildman–Crippen LogP) is 4.41. The molecule has 0 aromatic heterocycles. The summed E-state index contributed by atoms with van der Waals surface area (Å²) in [5.41, 5.74) is -0.433. The van der Waals surface area contributed by atoms with Crippen molar-refractivity contribution in [1.29, 1.82) is 0 Å². The number of hydrogen-bond acceptors (Lipinski definition) is 1. The Morgan fingerprint density at radius 1 is 1.24 bits per heavy atom. The second kappa shape index (κ2) is 5.14. The summed E-state index contributed by atoms with van der Waals surface area (Å²) in [6, 6.07) is 0. The van der Waals surface area contributed by atoms with E-state index in [4.69, 9.17) is 0 Å². The van der Waals surface area contributed by atoms with Gasteiger partial charge < -0.3 is 5.11 Å². The van der Waals surface area contributed by atoms with Gasteiger partial charge in [0, 0.05) is 0 Å². The number of hydrogen-bond donors (Lipinski definition) is 1. The van der Waals surface area contributed by atoms with Crippen molar-refractivity contribution in [2.24, 2.45) is 23.2 Å². The molecule has 1 fully saturated rings. The zero-order chi connectivity index (χ0) is 13.3. The van der Waals surface area contributed by atoms with E-state index < -0.39 is 5.60 Å². The highest BCUT2D eigenvalue weighted by Crippen LogP contribution is 2.42. The summed E-state index contributed by atoms with van der Waals surface area (Å²) in [5, 5.41) is 10.9. The number of allylic oxidation sites excluding steroid dienone is 1. The summed E-state index contributed by atoms with van der Waals surface area (Å²) >= 11 is 0. The fourth-order valence-electron chi connectivity index (χ4n) is 3.02. The first-order valence-corrected chi connectivity index (χ1v) is 7.07. The molecule has 0 aliphatic heterocycles. The van der Waals surface area contributed by atoms with E-state index in [0.717, 1.165) is 12.8 Å². The fourth-order valence-corrected chi connectivity index (χ4v) is 3.02. The maximum Gasteiger partial charge on any atom is 0.0860 e. The van der Waals surface area contributed by atoms with E-state index in [1.165, 1.54) is 6.42 Å². The molecule has 100 valence electrons. The van der Waals surface area contributed by atoms with E-state index in [2.05, 4.69) is 53.7 Å². The summed E-state index contributed by atoms with van der Waals surface area (Å²) < 4.78 is 0. The maximum absolute atomic E-state index is 10.9. The van der Waals surface area contributed by atoms with Gasteiger partial charge in [-0.2, -0.15) is 0 Å². The molecule has 0 aromatic rings. The smallest absolute Gasteiger partial charge is 0.0860 e. The molecule has 1 nitrogen and oxygen atoms in total. The van der Waals surface area contributed by atoms with Crippen molar-refractivity contribution in [2.45, 2.75) is 66.4 Å². The van der Waals surface area contributed by atoms with Crippen molar-refractivity contribution in [1.82, 2.24) is 0 Å². The van der Waals surface area contributed by atoms with Gasteiger partial charge in [0.15, 0.2) is 0 Å². The lowest BCUT2D eigenvalue weighted by atomic mass is 9.66. The van der Waals surface area contributed by atoms with Gasteiger partial charge in [-0.05, 0) is 36.0 Å². The summed E-state index contributed by atoms with van der Waals surface area (Å²) in [5.74, 6) is 1.61. The Labute approximate surface area is 107 Å². The molecule has 0 amide bonds. The van der Waals surface area contributed by atoms with Crippen LogP contribution in [0.15, 0.2) is 12.2 Å². The number of aliphatic hydroxyl groups is 1. The first-order chi connectivity index (χ1) is 7.64. The van der Waals surface area contributed by atoms with Gasteiger partial charge in [0.25, 0.3) is 0 Å². The Bertz CT molecular complexity index is 272. The van der Waals surface area contributed by atoms with Crippen molar-refractivity contribution in [2.75, 3.05) is 0 Å². The molecule has 0 aromatic carbocycles. The molecule has 0 saturated heterocycles. The zero-order valence-corrected chi connectivity index (χ0v) is 12.5. The van der Waals surface area contributed by atoms with Gasteiger partial charge in [0.1, 0.15) is 0 Å². The fraction of sp³-hybridized carbons (Fsp3) is 0.875. The van der Waals surface area contributed by atoms with E-state index in [9.17, 15) is 5.11 Å². The Hall–Kier alpha value is -0.300. The molecule has 0 bridgehead atoms. The molecule has 3 atom stereocenters. The van der Waals surface area contributed by atoms with Crippen molar-refractivity contribution in [3.8, 4) is 0 Å². The minimum absolute atomic E-state index is 0.151. The third-order valence-corrected chi connectivity index (χ3v) is 3.96. The van der Waals surface area contributed by atoms with E-state index in [-0.39, 0.29) is 5.41 Å². The molecular formula is C16H30O. The van der Waals surface area contributed by atoms with Gasteiger partial charge in [-0.1, -0.05) is 60.1 Å². The minimum atomic E-state index is -0.584. The SMILES string of the molecule is CC(C)[C@@H]1CC[C@@H](C)C[C@@]1(O)/C=C/C(C)(C)C. The molecule has 0 heterocycles. The van der Waals surface area contributed by atoms with Crippen molar-refractivity contribution in [3.05, 3.63) is 12.2 Å². The first kappa shape index (κ1) is 14.8. The Balaban J connectivity index is 2.89. The molecule has 0 spiro atoms. The monoisotopic (exact) mass is 238 g/mol. The van der Waals surface area contributed by atoms with Crippen LogP contribution in [0.2, 0.25) is 0 Å². The third-order valence-electron chi connectivity index (χ3n) is 3.96. The van der Waals surface area contributed by atoms with Crippen LogP contribution in [0.5, 0.6) is 0 Å². The van der Waals surface area contributed by atoms with Crippen molar-refractivity contribution in [3.63, 3.8) is 0 Å². The van der Waals surface area contributed by atoms with Crippen LogP contribution in [-0.4, -0.2) is 10.7 Å². The Morgan fingerprint density at radius 3 is 2.29 bits per heavy atom. The van der Waals surface area contributed by atoms with Crippen LogP contribution in [0, 0.1) is 23.2 Å². The third kappa shape index (κ3) is 4.13. The van der Waals surface area contributed by atoms with Gasteiger partial charge in [0.2, 0.25) is 0 Å². The van der Waals surface area contributed by atoms with Crippen LogP contribution >= 0.6 is 0 Å². The largest absolute Gasteiger partial charge is 0.385 e. The quantitative estimate of drug-likeness (QED) is 0.706. The molecular weight excluding hydrogens is 208 g/mol. The lowest BCUT2D eigenvalue weighted by Gasteiger charge is -2.43. The van der Waals surface area contributed by atoms with Gasteiger partial charge >= 0.3 is 0 Å². The zero-order valence-electron chi connectivity index (χ0n) is 12.5. The van der Waals surface area contributed by atoms with Crippen LogP contribution in [0.25, 0.3) is 0 Å². The topological polar surface area (TPSA) is 20.2 Å². The summed E-state index contributed by atoms with van der Waals surface area (Å²) in [7, 11) is 0.